The molecule has 4 nitrogen and oxygen atoms in total. The molecule has 0 radical (unpaired) electrons. The topological polar surface area (TPSA) is 58.4 Å². The van der Waals surface area contributed by atoms with Crippen molar-refractivity contribution in [2.75, 3.05) is 19.6 Å². The van der Waals surface area contributed by atoms with E-state index < -0.39 is 19.0 Å². The van der Waals surface area contributed by atoms with Crippen molar-refractivity contribution < 1.29 is 13.6 Å². The lowest BCUT2D eigenvalue weighted by atomic mass is 10.1. The summed E-state index contributed by atoms with van der Waals surface area (Å²) >= 11 is 0. The number of amides is 1. The molecule has 1 aliphatic heterocycles. The van der Waals surface area contributed by atoms with Gasteiger partial charge in [-0.15, -0.1) is 0 Å². The average Bonchev–Trinajstić information content (AvgIpc) is 2.94. The number of likely N-dealkylation sites (tertiary alicyclic amines) is 1. The molecule has 3 N–H and O–H groups in total. The van der Waals surface area contributed by atoms with Crippen LogP contribution >= 0.6 is 0 Å². The van der Waals surface area contributed by atoms with E-state index in [1.54, 1.807) is 0 Å². The van der Waals surface area contributed by atoms with E-state index in [9.17, 15) is 13.6 Å². The normalized spacial score (nSPS) is 19.7. The Morgan fingerprint density at radius 2 is 2.10 bits per heavy atom. The number of nitrogens with one attached hydrogen (secondary N) is 1. The summed E-state index contributed by atoms with van der Waals surface area (Å²) in [6, 6.07) is 9.49. The Kier molecular flexibility index (Phi) is 5.25. The molecular formula is C15H21F2N3O. The summed E-state index contributed by atoms with van der Waals surface area (Å²) in [6.07, 6.45) is 1.60. The molecule has 1 atom stereocenters. The monoisotopic (exact) mass is 297 g/mol. The van der Waals surface area contributed by atoms with E-state index in [4.69, 9.17) is 5.73 Å². The Bertz CT molecular complexity index is 467. The number of carbonyl (C=O) groups excluding carboxylic acids is 1. The number of halogens is 2. The van der Waals surface area contributed by atoms with E-state index >= 15 is 0 Å². The summed E-state index contributed by atoms with van der Waals surface area (Å²) < 4.78 is 26.2. The number of benzene rings is 1. The molecule has 0 aromatic heterocycles. The molecule has 116 valence electrons. The molecule has 1 amide bonds. The highest BCUT2D eigenvalue weighted by molar-refractivity contribution is 5.82. The maximum atomic E-state index is 13.1. The second-order valence-electron chi connectivity index (χ2n) is 5.39. The highest BCUT2D eigenvalue weighted by Crippen LogP contribution is 2.20. The van der Waals surface area contributed by atoms with Crippen LogP contribution in [0.25, 0.3) is 0 Å². The van der Waals surface area contributed by atoms with Gasteiger partial charge in [-0.1, -0.05) is 30.3 Å². The highest BCUT2D eigenvalue weighted by Gasteiger charge is 2.33. The first-order valence-corrected chi connectivity index (χ1v) is 7.15. The number of carbonyl (C=O) groups is 1. The van der Waals surface area contributed by atoms with Gasteiger partial charge in [0, 0.05) is 6.54 Å². The first-order valence-electron chi connectivity index (χ1n) is 7.15. The molecule has 0 aliphatic carbocycles. The standard InChI is InChI=1S/C15H21F2N3O/c16-15(17,10-18)11-19-14(21)13-7-4-8-20(13)9-12-5-2-1-3-6-12/h1-3,5-6,13H,4,7-11,18H2,(H,19,21). The quantitative estimate of drug-likeness (QED) is 0.833. The van der Waals surface area contributed by atoms with Crippen LogP contribution in [0.3, 0.4) is 0 Å². The Morgan fingerprint density at radius 3 is 2.76 bits per heavy atom. The van der Waals surface area contributed by atoms with Crippen molar-refractivity contribution in [3.05, 3.63) is 35.9 Å². The van der Waals surface area contributed by atoms with Gasteiger partial charge in [-0.2, -0.15) is 0 Å². The minimum Gasteiger partial charge on any atom is -0.349 e. The van der Waals surface area contributed by atoms with Crippen molar-refractivity contribution in [3.63, 3.8) is 0 Å². The molecule has 0 saturated carbocycles. The zero-order valence-corrected chi connectivity index (χ0v) is 11.9. The third kappa shape index (κ3) is 4.47. The fourth-order valence-corrected chi connectivity index (χ4v) is 2.54. The maximum Gasteiger partial charge on any atom is 0.277 e. The van der Waals surface area contributed by atoms with Crippen LogP contribution in [-0.4, -0.2) is 42.4 Å². The van der Waals surface area contributed by atoms with Crippen molar-refractivity contribution in [2.45, 2.75) is 31.4 Å². The van der Waals surface area contributed by atoms with E-state index in [0.29, 0.717) is 13.0 Å². The minimum absolute atomic E-state index is 0.334. The smallest absolute Gasteiger partial charge is 0.277 e. The van der Waals surface area contributed by atoms with Gasteiger partial charge in [-0.3, -0.25) is 9.69 Å². The number of nitrogens with two attached hydrogens (primary N) is 1. The Morgan fingerprint density at radius 1 is 1.38 bits per heavy atom. The highest BCUT2D eigenvalue weighted by atomic mass is 19.3. The van der Waals surface area contributed by atoms with E-state index in [1.165, 1.54) is 0 Å². The SMILES string of the molecule is NCC(F)(F)CNC(=O)C1CCCN1Cc1ccccc1. The summed E-state index contributed by atoms with van der Waals surface area (Å²) in [5, 5.41) is 2.32. The minimum atomic E-state index is -3.04. The fraction of sp³-hybridized carbons (Fsp3) is 0.533. The van der Waals surface area contributed by atoms with Crippen molar-refractivity contribution in [2.24, 2.45) is 5.73 Å². The van der Waals surface area contributed by atoms with Gasteiger partial charge in [0.25, 0.3) is 5.92 Å². The van der Waals surface area contributed by atoms with Crippen LogP contribution in [0.1, 0.15) is 18.4 Å². The van der Waals surface area contributed by atoms with Crippen LogP contribution in [0.15, 0.2) is 30.3 Å². The molecule has 0 bridgehead atoms. The van der Waals surface area contributed by atoms with E-state index in [1.807, 2.05) is 35.2 Å². The average molecular weight is 297 g/mol. The maximum absolute atomic E-state index is 13.1. The zero-order valence-electron chi connectivity index (χ0n) is 11.9. The number of nitrogens with zero attached hydrogens (tertiary/aromatic N) is 1. The molecule has 2 rings (SSSR count). The molecule has 1 saturated heterocycles. The summed E-state index contributed by atoms with van der Waals surface area (Å²) in [6.45, 7) is 0.0101. The van der Waals surface area contributed by atoms with Gasteiger partial charge < -0.3 is 11.1 Å². The van der Waals surface area contributed by atoms with Gasteiger partial charge >= 0.3 is 0 Å². The van der Waals surface area contributed by atoms with Gasteiger partial charge in [-0.05, 0) is 24.9 Å². The van der Waals surface area contributed by atoms with E-state index in [-0.39, 0.29) is 11.9 Å². The molecule has 1 aromatic carbocycles. The number of rotatable bonds is 6. The molecule has 0 spiro atoms. The molecule has 1 unspecified atom stereocenters. The van der Waals surface area contributed by atoms with Gasteiger partial charge in [0.15, 0.2) is 0 Å². The third-order valence-corrected chi connectivity index (χ3v) is 3.71. The summed E-state index contributed by atoms with van der Waals surface area (Å²) in [4.78, 5) is 14.1. The van der Waals surface area contributed by atoms with Crippen LogP contribution in [0.5, 0.6) is 0 Å². The second-order valence-corrected chi connectivity index (χ2v) is 5.39. The van der Waals surface area contributed by atoms with Crippen molar-refractivity contribution in [3.8, 4) is 0 Å². The predicted octanol–water partition coefficient (Wildman–Crippen LogP) is 1.36. The lowest BCUT2D eigenvalue weighted by Crippen LogP contribution is -2.48. The third-order valence-electron chi connectivity index (χ3n) is 3.71. The molecule has 1 aliphatic rings. The number of alkyl halides is 2. The summed E-state index contributed by atoms with van der Waals surface area (Å²) in [5.74, 6) is -3.38. The summed E-state index contributed by atoms with van der Waals surface area (Å²) in [5.41, 5.74) is 6.08. The first-order chi connectivity index (χ1) is 10.0. The van der Waals surface area contributed by atoms with Gasteiger partial charge in [0.2, 0.25) is 5.91 Å². The largest absolute Gasteiger partial charge is 0.349 e. The first kappa shape index (κ1) is 15.9. The van der Waals surface area contributed by atoms with E-state index in [2.05, 4.69) is 5.32 Å². The molecule has 6 heteroatoms. The van der Waals surface area contributed by atoms with Crippen LogP contribution in [0.4, 0.5) is 8.78 Å². The van der Waals surface area contributed by atoms with Crippen LogP contribution < -0.4 is 11.1 Å². The predicted molar refractivity (Wildman–Crippen MR) is 76.9 cm³/mol. The van der Waals surface area contributed by atoms with Gasteiger partial charge in [0.1, 0.15) is 0 Å². The number of hydrogen-bond acceptors (Lipinski definition) is 3. The Hall–Kier alpha value is -1.53. The molecule has 1 heterocycles. The van der Waals surface area contributed by atoms with E-state index in [0.717, 1.165) is 18.5 Å². The van der Waals surface area contributed by atoms with Crippen molar-refractivity contribution in [1.82, 2.24) is 10.2 Å². The van der Waals surface area contributed by atoms with Crippen molar-refractivity contribution in [1.29, 1.82) is 0 Å². The molecule has 1 aromatic rings. The lowest BCUT2D eigenvalue weighted by Gasteiger charge is -2.24. The van der Waals surface area contributed by atoms with Gasteiger partial charge in [0.05, 0.1) is 19.1 Å². The zero-order chi connectivity index (χ0) is 15.3. The Labute approximate surface area is 123 Å². The van der Waals surface area contributed by atoms with Crippen molar-refractivity contribution >= 4 is 5.91 Å². The van der Waals surface area contributed by atoms with Crippen LogP contribution in [0, 0.1) is 0 Å². The summed E-state index contributed by atoms with van der Waals surface area (Å²) in [7, 11) is 0. The van der Waals surface area contributed by atoms with Crippen LogP contribution in [0.2, 0.25) is 0 Å². The Balaban J connectivity index is 1.90. The molecule has 1 fully saturated rings. The number of hydrogen-bond donors (Lipinski definition) is 2. The lowest BCUT2D eigenvalue weighted by molar-refractivity contribution is -0.127. The van der Waals surface area contributed by atoms with Gasteiger partial charge in [-0.25, -0.2) is 8.78 Å². The molecular weight excluding hydrogens is 276 g/mol. The fourth-order valence-electron chi connectivity index (χ4n) is 2.54. The molecule has 21 heavy (non-hydrogen) atoms. The van der Waals surface area contributed by atoms with Crippen LogP contribution in [-0.2, 0) is 11.3 Å². The second kappa shape index (κ2) is 6.95.